The van der Waals surface area contributed by atoms with E-state index in [4.69, 9.17) is 14.9 Å². The number of nitrogens with one attached hydrogen (secondary N) is 1. The van der Waals surface area contributed by atoms with Crippen molar-refractivity contribution in [2.45, 2.75) is 20.3 Å². The molecule has 0 fully saturated rings. The first-order valence-electron chi connectivity index (χ1n) is 7.05. The van der Waals surface area contributed by atoms with Crippen molar-refractivity contribution in [1.29, 1.82) is 0 Å². The summed E-state index contributed by atoms with van der Waals surface area (Å²) in [6, 6.07) is 3.85. The fourth-order valence-electron chi connectivity index (χ4n) is 2.11. The Bertz CT molecular complexity index is 763. The highest BCUT2D eigenvalue weighted by Crippen LogP contribution is 2.26. The molecule has 2 amide bonds. The maximum absolute atomic E-state index is 11.8. The minimum Gasteiger partial charge on any atom is -0.464 e. The summed E-state index contributed by atoms with van der Waals surface area (Å²) in [5.41, 5.74) is 8.46. The predicted octanol–water partition coefficient (Wildman–Crippen LogP) is 0.737. The molecule has 0 atom stereocenters. The van der Waals surface area contributed by atoms with E-state index in [0.717, 1.165) is 22.1 Å². The zero-order chi connectivity index (χ0) is 17.0. The number of hydrogen-bond acceptors (Lipinski definition) is 5. The first-order chi connectivity index (χ1) is 10.9. The molecule has 1 aromatic carbocycles. The predicted molar refractivity (Wildman–Crippen MR) is 82.6 cm³/mol. The lowest BCUT2D eigenvalue weighted by atomic mass is 10.0. The number of aryl methyl sites for hydroxylation is 2. The molecule has 0 bridgehead atoms. The largest absolute Gasteiger partial charge is 0.464 e. The monoisotopic (exact) mass is 318 g/mol. The van der Waals surface area contributed by atoms with Crippen molar-refractivity contribution < 1.29 is 23.5 Å². The number of furan rings is 1. The summed E-state index contributed by atoms with van der Waals surface area (Å²) in [5, 5.41) is 3.08. The van der Waals surface area contributed by atoms with Crippen LogP contribution in [0.5, 0.6) is 0 Å². The number of fused-ring (bicyclic) bond motifs is 1. The van der Waals surface area contributed by atoms with E-state index in [2.05, 4.69) is 5.32 Å². The average molecular weight is 318 g/mol. The number of hydrogen-bond donors (Lipinski definition) is 2. The summed E-state index contributed by atoms with van der Waals surface area (Å²) in [4.78, 5) is 33.7. The fraction of sp³-hybridized carbons (Fsp3) is 0.312. The van der Waals surface area contributed by atoms with Crippen molar-refractivity contribution in [3.63, 3.8) is 0 Å². The third-order valence-electron chi connectivity index (χ3n) is 3.50. The molecule has 0 aliphatic carbocycles. The minimum absolute atomic E-state index is 0.00139. The molecule has 0 aliphatic rings. The second kappa shape index (κ2) is 6.95. The second-order valence-electron chi connectivity index (χ2n) is 5.23. The first kappa shape index (κ1) is 16.5. The standard InChI is InChI=1S/C16H18N2O5/c1-9-3-4-12-11(7-23-16(12)10(9)2)5-15(21)22-8-14(20)18-6-13(17)19/h3-4,7H,5-6,8H2,1-2H3,(H2,17,19)(H,18,20). The van der Waals surface area contributed by atoms with Crippen molar-refractivity contribution in [3.8, 4) is 0 Å². The third-order valence-corrected chi connectivity index (χ3v) is 3.50. The molecule has 7 nitrogen and oxygen atoms in total. The normalized spacial score (nSPS) is 10.5. The van der Waals surface area contributed by atoms with Crippen molar-refractivity contribution in [3.05, 3.63) is 35.1 Å². The maximum atomic E-state index is 11.8. The molecule has 0 spiro atoms. The van der Waals surface area contributed by atoms with Crippen LogP contribution in [0.3, 0.4) is 0 Å². The van der Waals surface area contributed by atoms with Crippen LogP contribution in [0.2, 0.25) is 0 Å². The van der Waals surface area contributed by atoms with E-state index in [0.29, 0.717) is 5.56 Å². The number of amides is 2. The smallest absolute Gasteiger partial charge is 0.310 e. The lowest BCUT2D eigenvalue weighted by Crippen LogP contribution is -2.36. The van der Waals surface area contributed by atoms with Gasteiger partial charge < -0.3 is 20.2 Å². The molecule has 122 valence electrons. The number of rotatable bonds is 6. The molecule has 1 aromatic heterocycles. The molecule has 1 heterocycles. The van der Waals surface area contributed by atoms with Crippen LogP contribution in [0.15, 0.2) is 22.8 Å². The van der Waals surface area contributed by atoms with Crippen LogP contribution in [0, 0.1) is 13.8 Å². The fourth-order valence-corrected chi connectivity index (χ4v) is 2.11. The maximum Gasteiger partial charge on any atom is 0.310 e. The van der Waals surface area contributed by atoms with E-state index in [1.807, 2.05) is 26.0 Å². The Morgan fingerprint density at radius 2 is 2.00 bits per heavy atom. The van der Waals surface area contributed by atoms with E-state index < -0.39 is 24.4 Å². The van der Waals surface area contributed by atoms with Crippen molar-refractivity contribution in [2.24, 2.45) is 5.73 Å². The van der Waals surface area contributed by atoms with Crippen LogP contribution in [-0.4, -0.2) is 30.9 Å². The lowest BCUT2D eigenvalue weighted by molar-refractivity contribution is -0.147. The first-order valence-corrected chi connectivity index (χ1v) is 7.05. The number of nitrogens with two attached hydrogens (primary N) is 1. The van der Waals surface area contributed by atoms with E-state index >= 15 is 0 Å². The summed E-state index contributed by atoms with van der Waals surface area (Å²) in [7, 11) is 0. The Hall–Kier alpha value is -2.83. The topological polar surface area (TPSA) is 112 Å². The highest BCUT2D eigenvalue weighted by Gasteiger charge is 2.14. The van der Waals surface area contributed by atoms with E-state index in [1.165, 1.54) is 6.26 Å². The molecule has 2 aromatic rings. The van der Waals surface area contributed by atoms with Crippen molar-refractivity contribution in [2.75, 3.05) is 13.2 Å². The van der Waals surface area contributed by atoms with Gasteiger partial charge in [-0.2, -0.15) is 0 Å². The number of carbonyl (C=O) groups excluding carboxylic acids is 3. The average Bonchev–Trinajstić information content (AvgIpc) is 2.90. The van der Waals surface area contributed by atoms with Gasteiger partial charge in [0.05, 0.1) is 19.2 Å². The molecular formula is C16H18N2O5. The van der Waals surface area contributed by atoms with Gasteiger partial charge in [-0.25, -0.2) is 0 Å². The zero-order valence-electron chi connectivity index (χ0n) is 13.0. The number of benzene rings is 1. The zero-order valence-corrected chi connectivity index (χ0v) is 13.0. The summed E-state index contributed by atoms with van der Waals surface area (Å²) in [6.07, 6.45) is 1.52. The Morgan fingerprint density at radius 1 is 1.26 bits per heavy atom. The second-order valence-corrected chi connectivity index (χ2v) is 5.23. The lowest BCUT2D eigenvalue weighted by Gasteiger charge is -2.05. The van der Waals surface area contributed by atoms with Crippen molar-refractivity contribution >= 4 is 28.8 Å². The molecule has 3 N–H and O–H groups in total. The van der Waals surface area contributed by atoms with Crippen LogP contribution in [0.1, 0.15) is 16.7 Å². The number of ether oxygens (including phenoxy) is 1. The Kier molecular flexibility index (Phi) is 5.00. The van der Waals surface area contributed by atoms with Gasteiger partial charge in [0.25, 0.3) is 5.91 Å². The van der Waals surface area contributed by atoms with Crippen LogP contribution in [0.25, 0.3) is 11.0 Å². The molecule has 0 saturated heterocycles. The molecule has 2 rings (SSSR count). The minimum atomic E-state index is -0.666. The van der Waals surface area contributed by atoms with Crippen LogP contribution in [0.4, 0.5) is 0 Å². The van der Waals surface area contributed by atoms with Gasteiger partial charge in [0.1, 0.15) is 5.58 Å². The van der Waals surface area contributed by atoms with Gasteiger partial charge >= 0.3 is 5.97 Å². The summed E-state index contributed by atoms with van der Waals surface area (Å²) < 4.78 is 10.4. The Balaban J connectivity index is 1.95. The Morgan fingerprint density at radius 3 is 2.70 bits per heavy atom. The van der Waals surface area contributed by atoms with Gasteiger partial charge in [-0.15, -0.1) is 0 Å². The van der Waals surface area contributed by atoms with E-state index in [9.17, 15) is 14.4 Å². The Labute approximate surface area is 132 Å². The molecule has 0 aliphatic heterocycles. The van der Waals surface area contributed by atoms with Gasteiger partial charge in [-0.3, -0.25) is 14.4 Å². The highest BCUT2D eigenvalue weighted by molar-refractivity contribution is 5.89. The van der Waals surface area contributed by atoms with Gasteiger partial charge in [0, 0.05) is 10.9 Å². The summed E-state index contributed by atoms with van der Waals surface area (Å²) >= 11 is 0. The van der Waals surface area contributed by atoms with Crippen LogP contribution >= 0.6 is 0 Å². The quantitative estimate of drug-likeness (QED) is 0.763. The number of esters is 1. The molecule has 0 saturated carbocycles. The third kappa shape index (κ3) is 4.09. The number of carbonyl (C=O) groups is 3. The van der Waals surface area contributed by atoms with Crippen LogP contribution in [-0.2, 0) is 25.5 Å². The van der Waals surface area contributed by atoms with Crippen LogP contribution < -0.4 is 11.1 Å². The van der Waals surface area contributed by atoms with Gasteiger partial charge in [0.15, 0.2) is 6.61 Å². The van der Waals surface area contributed by atoms with Gasteiger partial charge in [0.2, 0.25) is 5.91 Å². The van der Waals surface area contributed by atoms with E-state index in [1.54, 1.807) is 0 Å². The van der Waals surface area contributed by atoms with Crippen molar-refractivity contribution in [1.82, 2.24) is 5.32 Å². The molecule has 0 unspecified atom stereocenters. The molecule has 7 heteroatoms. The molecular weight excluding hydrogens is 300 g/mol. The molecule has 0 radical (unpaired) electrons. The van der Waals surface area contributed by atoms with E-state index in [-0.39, 0.29) is 13.0 Å². The summed E-state index contributed by atoms with van der Waals surface area (Å²) in [6.45, 7) is 3.18. The highest BCUT2D eigenvalue weighted by atomic mass is 16.5. The number of primary amides is 1. The SMILES string of the molecule is Cc1ccc2c(CC(=O)OCC(=O)NCC(N)=O)coc2c1C. The van der Waals surface area contributed by atoms with Gasteiger partial charge in [-0.1, -0.05) is 12.1 Å². The van der Waals surface area contributed by atoms with Gasteiger partial charge in [-0.05, 0) is 25.0 Å². The molecule has 23 heavy (non-hydrogen) atoms. The summed E-state index contributed by atoms with van der Waals surface area (Å²) in [5.74, 6) is -1.80.